The highest BCUT2D eigenvalue weighted by Gasteiger charge is 2.43. The van der Waals surface area contributed by atoms with E-state index in [9.17, 15) is 9.90 Å². The van der Waals surface area contributed by atoms with Crippen molar-refractivity contribution in [1.82, 2.24) is 0 Å². The van der Waals surface area contributed by atoms with E-state index in [0.717, 1.165) is 12.8 Å². The Morgan fingerprint density at radius 1 is 1.54 bits per heavy atom. The number of ether oxygens (including phenoxy) is 1. The molecule has 0 aliphatic heterocycles. The van der Waals surface area contributed by atoms with Crippen LogP contribution in [0.4, 0.5) is 0 Å². The number of carbonyl (C=O) groups is 1. The topological polar surface area (TPSA) is 46.5 Å². The molecule has 0 aromatic carbocycles. The Morgan fingerprint density at radius 3 is 2.54 bits per heavy atom. The van der Waals surface area contributed by atoms with Gasteiger partial charge in [-0.2, -0.15) is 0 Å². The fourth-order valence-electron chi connectivity index (χ4n) is 1.64. The summed E-state index contributed by atoms with van der Waals surface area (Å²) in [6.07, 6.45) is 2.88. The van der Waals surface area contributed by atoms with Crippen LogP contribution in [0.2, 0.25) is 0 Å². The lowest BCUT2D eigenvalue weighted by Gasteiger charge is -2.25. The van der Waals surface area contributed by atoms with Gasteiger partial charge in [0.05, 0.1) is 18.6 Å². The third-order valence-electron chi connectivity index (χ3n) is 2.71. The summed E-state index contributed by atoms with van der Waals surface area (Å²) in [4.78, 5) is 11.2. The highest BCUT2D eigenvalue weighted by atomic mass is 16.5. The lowest BCUT2D eigenvalue weighted by atomic mass is 9.91. The Kier molecular flexibility index (Phi) is 3.31. The second kappa shape index (κ2) is 4.09. The first-order valence-electron chi connectivity index (χ1n) is 5.00. The summed E-state index contributed by atoms with van der Waals surface area (Å²) in [5.41, 5.74) is -0.799. The van der Waals surface area contributed by atoms with E-state index in [4.69, 9.17) is 4.74 Å². The highest BCUT2D eigenvalue weighted by molar-refractivity contribution is 5.70. The molecular formula is C10H18O3. The molecule has 0 aromatic heterocycles. The number of carbonyl (C=O) groups excluding carboxylic acids is 1. The monoisotopic (exact) mass is 186 g/mol. The van der Waals surface area contributed by atoms with Gasteiger partial charge in [-0.15, -0.1) is 0 Å². The number of rotatable bonds is 5. The van der Waals surface area contributed by atoms with E-state index >= 15 is 0 Å². The normalized spacial score (nSPS) is 20.8. The van der Waals surface area contributed by atoms with E-state index in [1.165, 1.54) is 0 Å². The summed E-state index contributed by atoms with van der Waals surface area (Å²) in [5.74, 6) is 0.0423. The van der Waals surface area contributed by atoms with Crippen molar-refractivity contribution in [2.75, 3.05) is 6.61 Å². The molecule has 1 unspecified atom stereocenters. The molecule has 1 aliphatic carbocycles. The fourth-order valence-corrected chi connectivity index (χ4v) is 1.64. The third kappa shape index (κ3) is 2.69. The van der Waals surface area contributed by atoms with Gasteiger partial charge in [-0.05, 0) is 32.1 Å². The second-order valence-corrected chi connectivity index (χ2v) is 3.71. The van der Waals surface area contributed by atoms with Crippen LogP contribution in [0.1, 0.15) is 39.5 Å². The average Bonchev–Trinajstić information content (AvgIpc) is 2.86. The van der Waals surface area contributed by atoms with Gasteiger partial charge in [0.2, 0.25) is 0 Å². The lowest BCUT2D eigenvalue weighted by molar-refractivity contribution is -0.149. The average molecular weight is 186 g/mol. The molecule has 76 valence electrons. The Bertz CT molecular complexity index is 187. The second-order valence-electron chi connectivity index (χ2n) is 3.71. The molecule has 1 rings (SSSR count). The van der Waals surface area contributed by atoms with Crippen molar-refractivity contribution in [2.45, 2.75) is 45.1 Å². The molecule has 0 heterocycles. The summed E-state index contributed by atoms with van der Waals surface area (Å²) in [6.45, 7) is 4.08. The largest absolute Gasteiger partial charge is 0.466 e. The van der Waals surface area contributed by atoms with Crippen molar-refractivity contribution < 1.29 is 14.6 Å². The van der Waals surface area contributed by atoms with Crippen LogP contribution in [0.25, 0.3) is 0 Å². The van der Waals surface area contributed by atoms with E-state index in [2.05, 4.69) is 0 Å². The summed E-state index contributed by atoms with van der Waals surface area (Å²) < 4.78 is 4.82. The van der Waals surface area contributed by atoms with E-state index in [1.807, 2.05) is 6.92 Å². The Hall–Kier alpha value is -0.570. The van der Waals surface area contributed by atoms with Crippen molar-refractivity contribution >= 4 is 5.97 Å². The lowest BCUT2D eigenvalue weighted by Crippen LogP contribution is -2.34. The molecule has 3 heteroatoms. The zero-order valence-electron chi connectivity index (χ0n) is 8.38. The summed E-state index contributed by atoms with van der Waals surface area (Å²) in [7, 11) is 0. The van der Waals surface area contributed by atoms with Crippen LogP contribution in [0.15, 0.2) is 0 Å². The first-order valence-corrected chi connectivity index (χ1v) is 5.00. The standard InChI is InChI=1S/C10H18O3/c1-3-10(12,8-5-6-8)7-9(11)13-4-2/h8,12H,3-7H2,1-2H3. The van der Waals surface area contributed by atoms with E-state index in [-0.39, 0.29) is 12.4 Å². The van der Waals surface area contributed by atoms with Crippen LogP contribution >= 0.6 is 0 Å². The van der Waals surface area contributed by atoms with Gasteiger partial charge in [0.15, 0.2) is 0 Å². The molecule has 1 saturated carbocycles. The number of hydrogen-bond donors (Lipinski definition) is 1. The SMILES string of the molecule is CCOC(=O)CC(O)(CC)C1CC1. The quantitative estimate of drug-likeness (QED) is 0.662. The van der Waals surface area contributed by atoms with Crippen LogP contribution in [0.3, 0.4) is 0 Å². The molecule has 3 nitrogen and oxygen atoms in total. The smallest absolute Gasteiger partial charge is 0.308 e. The zero-order chi connectivity index (χ0) is 9.90. The van der Waals surface area contributed by atoms with Gasteiger partial charge in [-0.25, -0.2) is 0 Å². The molecule has 0 saturated heterocycles. The Labute approximate surface area is 79.1 Å². The van der Waals surface area contributed by atoms with Crippen LogP contribution < -0.4 is 0 Å². The van der Waals surface area contributed by atoms with Crippen LogP contribution in [0, 0.1) is 5.92 Å². The molecule has 0 amide bonds. The van der Waals surface area contributed by atoms with Crippen molar-refractivity contribution in [2.24, 2.45) is 5.92 Å². The minimum atomic E-state index is -0.799. The van der Waals surface area contributed by atoms with Crippen molar-refractivity contribution in [3.05, 3.63) is 0 Å². The molecule has 1 fully saturated rings. The predicted octanol–water partition coefficient (Wildman–Crippen LogP) is 1.49. The molecule has 1 aliphatic rings. The van der Waals surface area contributed by atoms with Gasteiger partial charge < -0.3 is 9.84 Å². The van der Waals surface area contributed by atoms with Crippen LogP contribution in [-0.4, -0.2) is 23.3 Å². The molecule has 0 radical (unpaired) electrons. The van der Waals surface area contributed by atoms with Gasteiger partial charge in [0, 0.05) is 0 Å². The highest BCUT2D eigenvalue weighted by Crippen LogP contribution is 2.43. The maximum absolute atomic E-state index is 11.2. The molecule has 0 aromatic rings. The number of aliphatic hydroxyl groups is 1. The first kappa shape index (κ1) is 10.5. The molecule has 1 N–H and O–H groups in total. The molecule has 0 spiro atoms. The maximum Gasteiger partial charge on any atom is 0.308 e. The molecule has 13 heavy (non-hydrogen) atoms. The van der Waals surface area contributed by atoms with Gasteiger partial charge in [-0.3, -0.25) is 4.79 Å². The number of hydrogen-bond acceptors (Lipinski definition) is 3. The van der Waals surface area contributed by atoms with Crippen LogP contribution in [0.5, 0.6) is 0 Å². The minimum Gasteiger partial charge on any atom is -0.466 e. The van der Waals surface area contributed by atoms with Gasteiger partial charge in [0.25, 0.3) is 0 Å². The number of esters is 1. The van der Waals surface area contributed by atoms with E-state index in [0.29, 0.717) is 18.9 Å². The summed E-state index contributed by atoms with van der Waals surface area (Å²) in [6, 6.07) is 0. The van der Waals surface area contributed by atoms with Crippen molar-refractivity contribution in [1.29, 1.82) is 0 Å². The summed E-state index contributed by atoms with van der Waals surface area (Å²) in [5, 5.41) is 10.1. The van der Waals surface area contributed by atoms with Gasteiger partial charge in [0.1, 0.15) is 0 Å². The van der Waals surface area contributed by atoms with Crippen molar-refractivity contribution in [3.63, 3.8) is 0 Å². The molecule has 0 bridgehead atoms. The summed E-state index contributed by atoms with van der Waals surface area (Å²) >= 11 is 0. The first-order chi connectivity index (χ1) is 6.12. The van der Waals surface area contributed by atoms with Crippen LogP contribution in [-0.2, 0) is 9.53 Å². The fraction of sp³-hybridized carbons (Fsp3) is 0.900. The maximum atomic E-state index is 11.2. The minimum absolute atomic E-state index is 0.155. The Morgan fingerprint density at radius 2 is 2.15 bits per heavy atom. The van der Waals surface area contributed by atoms with Gasteiger partial charge in [-0.1, -0.05) is 6.92 Å². The molecular weight excluding hydrogens is 168 g/mol. The van der Waals surface area contributed by atoms with E-state index < -0.39 is 5.60 Å². The predicted molar refractivity (Wildman–Crippen MR) is 49.2 cm³/mol. The van der Waals surface area contributed by atoms with Gasteiger partial charge >= 0.3 is 5.97 Å². The third-order valence-corrected chi connectivity index (χ3v) is 2.71. The zero-order valence-corrected chi connectivity index (χ0v) is 8.38. The van der Waals surface area contributed by atoms with Crippen molar-refractivity contribution in [3.8, 4) is 0 Å². The Balaban J connectivity index is 2.42. The van der Waals surface area contributed by atoms with E-state index in [1.54, 1.807) is 6.92 Å². The molecule has 1 atom stereocenters.